The van der Waals surface area contributed by atoms with Crippen molar-refractivity contribution in [3.05, 3.63) is 32.9 Å². The highest BCUT2D eigenvalue weighted by Crippen LogP contribution is 2.18. The fourth-order valence-corrected chi connectivity index (χ4v) is 2.93. The van der Waals surface area contributed by atoms with E-state index in [-0.39, 0.29) is 11.9 Å². The number of carbonyl (C=O) groups excluding carboxylic acids is 1. The van der Waals surface area contributed by atoms with Crippen molar-refractivity contribution in [1.29, 1.82) is 0 Å². The summed E-state index contributed by atoms with van der Waals surface area (Å²) in [4.78, 5) is 12.3. The fourth-order valence-electron chi connectivity index (χ4n) is 2.21. The maximum atomic E-state index is 12.3. The Morgan fingerprint density at radius 1 is 1.45 bits per heavy atom. The van der Waals surface area contributed by atoms with E-state index >= 15 is 0 Å². The van der Waals surface area contributed by atoms with Crippen molar-refractivity contribution < 1.29 is 4.79 Å². The molecule has 0 bridgehead atoms. The van der Waals surface area contributed by atoms with E-state index in [1.54, 1.807) is 17.9 Å². The van der Waals surface area contributed by atoms with Crippen LogP contribution in [0.3, 0.4) is 0 Å². The van der Waals surface area contributed by atoms with Crippen LogP contribution in [-0.2, 0) is 13.6 Å². The van der Waals surface area contributed by atoms with E-state index < -0.39 is 0 Å². The van der Waals surface area contributed by atoms with Gasteiger partial charge in [-0.3, -0.25) is 14.2 Å². The van der Waals surface area contributed by atoms with Gasteiger partial charge in [0, 0.05) is 24.8 Å². The summed E-state index contributed by atoms with van der Waals surface area (Å²) in [6.07, 6.45) is 3.50. The Bertz CT molecular complexity index is 611. The first-order valence-electron chi connectivity index (χ1n) is 6.46. The number of aryl methyl sites for hydroxylation is 2. The van der Waals surface area contributed by atoms with E-state index in [1.807, 2.05) is 31.6 Å². The Labute approximate surface area is 131 Å². The summed E-state index contributed by atoms with van der Waals surface area (Å²) >= 11 is 2.11. The molecule has 1 unspecified atom stereocenters. The molecule has 0 radical (unpaired) electrons. The van der Waals surface area contributed by atoms with Gasteiger partial charge in [0.1, 0.15) is 5.69 Å². The Morgan fingerprint density at radius 2 is 2.15 bits per heavy atom. The molecule has 0 saturated carbocycles. The number of rotatable bonds is 4. The molecule has 0 aromatic carbocycles. The molecule has 7 heteroatoms. The van der Waals surface area contributed by atoms with Gasteiger partial charge >= 0.3 is 0 Å². The van der Waals surface area contributed by atoms with E-state index in [0.717, 1.165) is 21.4 Å². The molecule has 1 N–H and O–H groups in total. The molecule has 0 aliphatic carbocycles. The van der Waals surface area contributed by atoms with Crippen LogP contribution >= 0.6 is 22.6 Å². The van der Waals surface area contributed by atoms with Crippen LogP contribution in [0.5, 0.6) is 0 Å². The number of nitrogens with one attached hydrogen (secondary N) is 1. The number of hydrogen-bond donors (Lipinski definition) is 1. The summed E-state index contributed by atoms with van der Waals surface area (Å²) in [6, 6.07) is -0.0894. The van der Waals surface area contributed by atoms with Crippen molar-refractivity contribution in [3.63, 3.8) is 0 Å². The summed E-state index contributed by atoms with van der Waals surface area (Å²) in [6.45, 7) is 6.85. The molecule has 20 heavy (non-hydrogen) atoms. The lowest BCUT2D eigenvalue weighted by Crippen LogP contribution is -2.29. The summed E-state index contributed by atoms with van der Waals surface area (Å²) in [5, 5.41) is 11.4. The maximum Gasteiger partial charge on any atom is 0.271 e. The predicted octanol–water partition coefficient (Wildman–Crippen LogP) is 2.04. The van der Waals surface area contributed by atoms with Crippen LogP contribution in [0.15, 0.2) is 12.4 Å². The Hall–Kier alpha value is -1.38. The lowest BCUT2D eigenvalue weighted by molar-refractivity contribution is 0.0929. The molecule has 0 aliphatic rings. The highest BCUT2D eigenvalue weighted by atomic mass is 127. The average molecular weight is 387 g/mol. The standard InChI is InChI=1S/C13H18IN5O/c1-5-19-9(3)10(6-16-19)8(2)17-13(20)12-11(14)7-15-18(12)4/h6-8H,5H2,1-4H3,(H,17,20). The third-order valence-electron chi connectivity index (χ3n) is 3.36. The molecule has 108 valence electrons. The molecule has 0 aliphatic heterocycles. The fraction of sp³-hybridized carbons (Fsp3) is 0.462. The Balaban J connectivity index is 2.17. The summed E-state index contributed by atoms with van der Waals surface area (Å²) in [5.41, 5.74) is 2.70. The van der Waals surface area contributed by atoms with Crippen LogP contribution < -0.4 is 5.32 Å². The van der Waals surface area contributed by atoms with Gasteiger partial charge in [0.2, 0.25) is 0 Å². The molecule has 2 aromatic rings. The summed E-state index contributed by atoms with van der Waals surface area (Å²) < 4.78 is 4.36. The van der Waals surface area contributed by atoms with Gasteiger partial charge in [-0.15, -0.1) is 0 Å². The molecule has 0 fully saturated rings. The maximum absolute atomic E-state index is 12.3. The molecule has 1 amide bonds. The van der Waals surface area contributed by atoms with Gasteiger partial charge < -0.3 is 5.32 Å². The van der Waals surface area contributed by atoms with Gasteiger partial charge in [0.15, 0.2) is 0 Å². The number of amides is 1. The second-order valence-electron chi connectivity index (χ2n) is 4.66. The van der Waals surface area contributed by atoms with Gasteiger partial charge in [0.25, 0.3) is 5.91 Å². The highest BCUT2D eigenvalue weighted by molar-refractivity contribution is 14.1. The van der Waals surface area contributed by atoms with Crippen LogP contribution in [0.2, 0.25) is 0 Å². The van der Waals surface area contributed by atoms with E-state index in [1.165, 1.54) is 0 Å². The SMILES string of the molecule is CCn1ncc(C(C)NC(=O)c2c(I)cnn2C)c1C. The normalized spacial score (nSPS) is 12.4. The number of halogens is 1. The third kappa shape index (κ3) is 2.72. The van der Waals surface area contributed by atoms with Gasteiger partial charge in [-0.2, -0.15) is 10.2 Å². The molecule has 2 heterocycles. The number of hydrogen-bond acceptors (Lipinski definition) is 3. The molecular weight excluding hydrogens is 369 g/mol. The van der Waals surface area contributed by atoms with Crippen molar-refractivity contribution in [2.24, 2.45) is 7.05 Å². The van der Waals surface area contributed by atoms with E-state index in [2.05, 4.69) is 38.1 Å². The first-order chi connectivity index (χ1) is 9.45. The van der Waals surface area contributed by atoms with Gasteiger partial charge in [-0.05, 0) is 43.4 Å². The zero-order valence-corrected chi connectivity index (χ0v) is 14.2. The van der Waals surface area contributed by atoms with Crippen molar-refractivity contribution in [2.75, 3.05) is 0 Å². The van der Waals surface area contributed by atoms with Crippen molar-refractivity contribution in [1.82, 2.24) is 24.9 Å². The van der Waals surface area contributed by atoms with Gasteiger partial charge in [-0.1, -0.05) is 0 Å². The van der Waals surface area contributed by atoms with E-state index in [9.17, 15) is 4.79 Å². The molecule has 6 nitrogen and oxygen atoms in total. The predicted molar refractivity (Wildman–Crippen MR) is 84.4 cm³/mol. The van der Waals surface area contributed by atoms with Crippen LogP contribution in [0, 0.1) is 10.5 Å². The lowest BCUT2D eigenvalue weighted by atomic mass is 10.1. The monoisotopic (exact) mass is 387 g/mol. The van der Waals surface area contributed by atoms with E-state index in [4.69, 9.17) is 0 Å². The van der Waals surface area contributed by atoms with Crippen LogP contribution in [0.1, 0.15) is 41.6 Å². The topological polar surface area (TPSA) is 64.7 Å². The summed E-state index contributed by atoms with van der Waals surface area (Å²) in [7, 11) is 1.77. The highest BCUT2D eigenvalue weighted by Gasteiger charge is 2.20. The quantitative estimate of drug-likeness (QED) is 0.817. The zero-order valence-electron chi connectivity index (χ0n) is 12.0. The summed E-state index contributed by atoms with van der Waals surface area (Å²) in [5.74, 6) is -0.120. The van der Waals surface area contributed by atoms with Crippen molar-refractivity contribution in [2.45, 2.75) is 33.4 Å². The van der Waals surface area contributed by atoms with Crippen molar-refractivity contribution >= 4 is 28.5 Å². The zero-order chi connectivity index (χ0) is 14.9. The number of carbonyl (C=O) groups is 1. The average Bonchev–Trinajstić information content (AvgIpc) is 2.92. The third-order valence-corrected chi connectivity index (χ3v) is 4.15. The molecule has 2 aromatic heterocycles. The second kappa shape index (κ2) is 5.94. The largest absolute Gasteiger partial charge is 0.344 e. The second-order valence-corrected chi connectivity index (χ2v) is 5.82. The van der Waals surface area contributed by atoms with Crippen LogP contribution in [0.4, 0.5) is 0 Å². The van der Waals surface area contributed by atoms with E-state index in [0.29, 0.717) is 5.69 Å². The first-order valence-corrected chi connectivity index (χ1v) is 7.54. The molecule has 0 spiro atoms. The minimum atomic E-state index is -0.120. The Morgan fingerprint density at radius 3 is 2.65 bits per heavy atom. The van der Waals surface area contributed by atoms with Gasteiger partial charge in [0.05, 0.1) is 22.0 Å². The van der Waals surface area contributed by atoms with Crippen LogP contribution in [-0.4, -0.2) is 25.5 Å². The lowest BCUT2D eigenvalue weighted by Gasteiger charge is -2.14. The number of aromatic nitrogens is 4. The molecule has 0 saturated heterocycles. The van der Waals surface area contributed by atoms with Gasteiger partial charge in [-0.25, -0.2) is 0 Å². The minimum Gasteiger partial charge on any atom is -0.344 e. The number of nitrogens with zero attached hydrogens (tertiary/aromatic N) is 4. The molecule has 2 rings (SSSR count). The van der Waals surface area contributed by atoms with Crippen molar-refractivity contribution in [3.8, 4) is 0 Å². The minimum absolute atomic E-state index is 0.0894. The first kappa shape index (κ1) is 15.0. The Kier molecular flexibility index (Phi) is 4.46. The molecule has 1 atom stereocenters. The molecular formula is C13H18IN5O. The smallest absolute Gasteiger partial charge is 0.271 e. The van der Waals surface area contributed by atoms with Crippen LogP contribution in [0.25, 0.3) is 0 Å².